The summed E-state index contributed by atoms with van der Waals surface area (Å²) in [6.07, 6.45) is 3.02. The molecule has 132 valence electrons. The van der Waals surface area contributed by atoms with E-state index in [4.69, 9.17) is 9.88 Å². The average Bonchev–Trinajstić information content (AvgIpc) is 2.55. The van der Waals surface area contributed by atoms with Crippen LogP contribution in [0.3, 0.4) is 0 Å². The van der Waals surface area contributed by atoms with Crippen molar-refractivity contribution >= 4 is 43.6 Å². The Morgan fingerprint density at radius 1 is 1.24 bits per heavy atom. The number of carbonyl (C=O) groups is 1. The van der Waals surface area contributed by atoms with Gasteiger partial charge in [-0.2, -0.15) is 0 Å². The van der Waals surface area contributed by atoms with E-state index in [1.54, 1.807) is 6.08 Å². The molecule has 25 heavy (non-hydrogen) atoms. The maximum atomic E-state index is 12.0. The maximum absolute atomic E-state index is 12.0. The number of sulfonamides is 1. The summed E-state index contributed by atoms with van der Waals surface area (Å²) >= 11 is 3.38. The zero-order chi connectivity index (χ0) is 18.4. The molecule has 3 N–H and O–H groups in total. The van der Waals surface area contributed by atoms with E-state index in [1.807, 2.05) is 25.1 Å². The van der Waals surface area contributed by atoms with E-state index < -0.39 is 10.0 Å². The minimum atomic E-state index is -3.75. The van der Waals surface area contributed by atoms with Crippen molar-refractivity contribution in [2.45, 2.75) is 11.8 Å². The first-order valence-corrected chi connectivity index (χ1v) is 9.68. The zero-order valence-corrected chi connectivity index (χ0v) is 15.8. The molecule has 2 aromatic carbocycles. The van der Waals surface area contributed by atoms with E-state index in [9.17, 15) is 13.2 Å². The van der Waals surface area contributed by atoms with Crippen LogP contribution in [-0.2, 0) is 14.8 Å². The molecule has 0 radical (unpaired) electrons. The predicted octanol–water partition coefficient (Wildman–Crippen LogP) is 3.15. The Morgan fingerprint density at radius 2 is 1.92 bits per heavy atom. The third-order valence-electron chi connectivity index (χ3n) is 3.14. The first-order valence-electron chi connectivity index (χ1n) is 7.34. The first kappa shape index (κ1) is 19.2. The molecular weight excluding hydrogens is 408 g/mol. The highest BCUT2D eigenvalue weighted by molar-refractivity contribution is 9.10. The van der Waals surface area contributed by atoms with Crippen molar-refractivity contribution in [1.29, 1.82) is 0 Å². The number of rotatable bonds is 6. The fourth-order valence-corrected chi connectivity index (χ4v) is 2.91. The second-order valence-corrected chi connectivity index (χ2v) is 7.48. The number of primary sulfonamides is 1. The van der Waals surface area contributed by atoms with Gasteiger partial charge < -0.3 is 10.1 Å². The van der Waals surface area contributed by atoms with Gasteiger partial charge in [0.1, 0.15) is 5.75 Å². The second-order valence-electron chi connectivity index (χ2n) is 5.01. The minimum absolute atomic E-state index is 0.0171. The van der Waals surface area contributed by atoms with Crippen molar-refractivity contribution in [2.75, 3.05) is 11.9 Å². The fourth-order valence-electron chi connectivity index (χ4n) is 2.01. The molecule has 0 atom stereocenters. The van der Waals surface area contributed by atoms with Gasteiger partial charge in [0.2, 0.25) is 15.9 Å². The van der Waals surface area contributed by atoms with Gasteiger partial charge in [0.25, 0.3) is 0 Å². The number of anilines is 1. The highest BCUT2D eigenvalue weighted by atomic mass is 79.9. The summed E-state index contributed by atoms with van der Waals surface area (Å²) in [7, 11) is -3.75. The Bertz CT molecular complexity index is 893. The zero-order valence-electron chi connectivity index (χ0n) is 13.4. The lowest BCUT2D eigenvalue weighted by Crippen LogP contribution is -2.12. The Morgan fingerprint density at radius 3 is 2.52 bits per heavy atom. The molecule has 0 aliphatic rings. The van der Waals surface area contributed by atoms with Crippen molar-refractivity contribution in [3.05, 3.63) is 58.6 Å². The maximum Gasteiger partial charge on any atom is 0.248 e. The molecule has 6 nitrogen and oxygen atoms in total. The van der Waals surface area contributed by atoms with Crippen molar-refractivity contribution in [3.8, 4) is 5.75 Å². The number of carbonyl (C=O) groups excluding carboxylic acids is 1. The van der Waals surface area contributed by atoms with E-state index >= 15 is 0 Å². The van der Waals surface area contributed by atoms with Crippen LogP contribution in [0.2, 0.25) is 0 Å². The lowest BCUT2D eigenvalue weighted by molar-refractivity contribution is -0.111. The number of nitrogens with two attached hydrogens (primary N) is 1. The number of amides is 1. The molecule has 0 fully saturated rings. The number of ether oxygens (including phenoxy) is 1. The molecule has 0 bridgehead atoms. The summed E-state index contributed by atoms with van der Waals surface area (Å²) in [5.41, 5.74) is 1.22. The molecule has 0 spiro atoms. The summed E-state index contributed by atoms with van der Waals surface area (Å²) in [4.78, 5) is 12.0. The standard InChI is InChI=1S/C17H17BrN2O4S/c1-2-24-16-9-4-13(18)11-12(16)3-10-17(21)20-14-5-7-15(8-6-14)25(19,22)23/h3-11H,2H2,1H3,(H,20,21)(H2,19,22,23)/b10-3+. The first-order chi connectivity index (χ1) is 11.8. The van der Waals surface area contributed by atoms with Gasteiger partial charge in [-0.25, -0.2) is 13.6 Å². The Hall–Kier alpha value is -2.16. The van der Waals surface area contributed by atoms with Crippen LogP contribution in [0.25, 0.3) is 6.08 Å². The molecule has 2 rings (SSSR count). The number of hydrogen-bond donors (Lipinski definition) is 2. The van der Waals surface area contributed by atoms with Crippen LogP contribution in [0.1, 0.15) is 12.5 Å². The summed E-state index contributed by atoms with van der Waals surface area (Å²) in [5.74, 6) is 0.318. The van der Waals surface area contributed by atoms with Crippen LogP contribution < -0.4 is 15.2 Å². The SMILES string of the molecule is CCOc1ccc(Br)cc1/C=C/C(=O)Nc1ccc(S(N)(=O)=O)cc1. The van der Waals surface area contributed by atoms with Gasteiger partial charge in [-0.05, 0) is 55.5 Å². The van der Waals surface area contributed by atoms with Crippen LogP contribution in [-0.4, -0.2) is 20.9 Å². The van der Waals surface area contributed by atoms with Crippen molar-refractivity contribution in [1.82, 2.24) is 0 Å². The van der Waals surface area contributed by atoms with Gasteiger partial charge in [0.15, 0.2) is 0 Å². The third-order valence-corrected chi connectivity index (χ3v) is 4.56. The molecule has 2 aromatic rings. The quantitative estimate of drug-likeness (QED) is 0.695. The molecule has 1 amide bonds. The number of hydrogen-bond acceptors (Lipinski definition) is 4. The number of halogens is 1. The lowest BCUT2D eigenvalue weighted by Gasteiger charge is -2.07. The summed E-state index contributed by atoms with van der Waals surface area (Å²) in [6, 6.07) is 11.1. The Labute approximate surface area is 154 Å². The number of benzene rings is 2. The second kappa shape index (κ2) is 8.28. The summed E-state index contributed by atoms with van der Waals surface area (Å²) in [6.45, 7) is 2.40. The highest BCUT2D eigenvalue weighted by Gasteiger charge is 2.07. The topological polar surface area (TPSA) is 98.5 Å². The van der Waals surface area contributed by atoms with Crippen LogP contribution in [0.4, 0.5) is 5.69 Å². The minimum Gasteiger partial charge on any atom is -0.493 e. The Balaban J connectivity index is 2.10. The van der Waals surface area contributed by atoms with Crippen LogP contribution in [0.5, 0.6) is 5.75 Å². The van der Waals surface area contributed by atoms with Gasteiger partial charge >= 0.3 is 0 Å². The summed E-state index contributed by atoms with van der Waals surface area (Å²) in [5, 5.41) is 7.67. The lowest BCUT2D eigenvalue weighted by atomic mass is 10.2. The molecule has 0 saturated heterocycles. The van der Waals surface area contributed by atoms with Crippen molar-refractivity contribution in [2.24, 2.45) is 5.14 Å². The molecule has 0 aliphatic heterocycles. The molecule has 0 aliphatic carbocycles. The van der Waals surface area contributed by atoms with E-state index in [0.29, 0.717) is 18.0 Å². The molecule has 0 heterocycles. The van der Waals surface area contributed by atoms with Gasteiger partial charge in [-0.3, -0.25) is 4.79 Å². The molecule has 0 saturated carbocycles. The van der Waals surface area contributed by atoms with Gasteiger partial charge in [0, 0.05) is 21.8 Å². The van der Waals surface area contributed by atoms with Gasteiger partial charge in [0.05, 0.1) is 11.5 Å². The van der Waals surface area contributed by atoms with Crippen LogP contribution in [0.15, 0.2) is 57.9 Å². The smallest absolute Gasteiger partial charge is 0.248 e. The normalized spacial score (nSPS) is 11.5. The van der Waals surface area contributed by atoms with E-state index in [-0.39, 0.29) is 10.8 Å². The highest BCUT2D eigenvalue weighted by Crippen LogP contribution is 2.24. The monoisotopic (exact) mass is 424 g/mol. The van der Waals surface area contributed by atoms with Crippen LogP contribution >= 0.6 is 15.9 Å². The van der Waals surface area contributed by atoms with Crippen molar-refractivity contribution in [3.63, 3.8) is 0 Å². The van der Waals surface area contributed by atoms with E-state index in [2.05, 4.69) is 21.2 Å². The molecule has 0 aromatic heterocycles. The van der Waals surface area contributed by atoms with E-state index in [1.165, 1.54) is 30.3 Å². The number of nitrogens with one attached hydrogen (secondary N) is 1. The fraction of sp³-hybridized carbons (Fsp3) is 0.118. The van der Waals surface area contributed by atoms with Crippen LogP contribution in [0, 0.1) is 0 Å². The van der Waals surface area contributed by atoms with Gasteiger partial charge in [-0.15, -0.1) is 0 Å². The Kier molecular flexibility index (Phi) is 6.35. The average molecular weight is 425 g/mol. The van der Waals surface area contributed by atoms with E-state index in [0.717, 1.165) is 10.0 Å². The van der Waals surface area contributed by atoms with Gasteiger partial charge in [-0.1, -0.05) is 15.9 Å². The molecular formula is C17H17BrN2O4S. The molecule has 0 unspecified atom stereocenters. The predicted molar refractivity (Wildman–Crippen MR) is 101 cm³/mol. The van der Waals surface area contributed by atoms with Crippen molar-refractivity contribution < 1.29 is 17.9 Å². The summed E-state index contributed by atoms with van der Waals surface area (Å²) < 4.78 is 28.8. The largest absolute Gasteiger partial charge is 0.493 e. The molecule has 8 heteroatoms. The third kappa shape index (κ3) is 5.70.